The fourth-order valence-electron chi connectivity index (χ4n) is 1.73. The molecule has 0 saturated heterocycles. The molecule has 1 rings (SSSR count). The van der Waals surface area contributed by atoms with E-state index in [1.165, 1.54) is 6.20 Å². The van der Waals surface area contributed by atoms with Crippen LogP contribution in [0, 0.1) is 0 Å². The van der Waals surface area contributed by atoms with Crippen molar-refractivity contribution in [3.8, 4) is 0 Å². The fourth-order valence-corrected chi connectivity index (χ4v) is 2.87. The van der Waals surface area contributed by atoms with Gasteiger partial charge in [0.05, 0.1) is 12.8 Å². The lowest BCUT2D eigenvalue weighted by Gasteiger charge is -2.08. The predicted molar refractivity (Wildman–Crippen MR) is 81.5 cm³/mol. The molecule has 0 fully saturated rings. The van der Waals surface area contributed by atoms with Gasteiger partial charge in [-0.1, -0.05) is 20.3 Å². The molecule has 0 saturated carbocycles. The van der Waals surface area contributed by atoms with Gasteiger partial charge < -0.3 is 10.1 Å². The first-order valence-corrected chi connectivity index (χ1v) is 8.90. The Bertz CT molecular complexity index is 487. The summed E-state index contributed by atoms with van der Waals surface area (Å²) in [4.78, 5) is 0. The largest absolute Gasteiger partial charge is 0.380 e. The number of rotatable bonds is 12. The number of nitrogens with one attached hydrogen (secondary N) is 3. The maximum atomic E-state index is 12.2. The third kappa shape index (κ3) is 6.56. The molecule has 0 aliphatic carbocycles. The second kappa shape index (κ2) is 9.88. The predicted octanol–water partition coefficient (Wildman–Crippen LogP) is 1.00. The van der Waals surface area contributed by atoms with Crippen LogP contribution >= 0.6 is 0 Å². The lowest BCUT2D eigenvalue weighted by molar-refractivity contribution is 0.136. The van der Waals surface area contributed by atoms with E-state index >= 15 is 0 Å². The van der Waals surface area contributed by atoms with Crippen molar-refractivity contribution in [3.63, 3.8) is 0 Å². The van der Waals surface area contributed by atoms with Gasteiger partial charge in [0.1, 0.15) is 0 Å². The normalized spacial score (nSPS) is 11.9. The summed E-state index contributed by atoms with van der Waals surface area (Å²) in [5, 5.41) is 9.66. The van der Waals surface area contributed by atoms with E-state index in [1.807, 2.05) is 0 Å². The van der Waals surface area contributed by atoms with E-state index in [0.29, 0.717) is 25.3 Å². The van der Waals surface area contributed by atoms with Gasteiger partial charge in [0.15, 0.2) is 5.03 Å². The summed E-state index contributed by atoms with van der Waals surface area (Å²) in [6, 6.07) is 0. The Morgan fingerprint density at radius 2 is 2.05 bits per heavy atom. The molecule has 1 aromatic heterocycles. The van der Waals surface area contributed by atoms with Crippen LogP contribution in [0.2, 0.25) is 0 Å². The Kier molecular flexibility index (Phi) is 8.51. The number of aromatic nitrogens is 2. The molecule has 0 amide bonds. The highest BCUT2D eigenvalue weighted by Gasteiger charge is 2.19. The first kappa shape index (κ1) is 18.1. The second-order valence-electron chi connectivity index (χ2n) is 4.76. The molecule has 0 radical (unpaired) electrons. The number of ether oxygens (including phenoxy) is 1. The van der Waals surface area contributed by atoms with Gasteiger partial charge in [-0.05, 0) is 19.4 Å². The maximum Gasteiger partial charge on any atom is 0.257 e. The fraction of sp³-hybridized carbons (Fsp3) is 0.769. The smallest absolute Gasteiger partial charge is 0.257 e. The summed E-state index contributed by atoms with van der Waals surface area (Å²) < 4.78 is 32.2. The quantitative estimate of drug-likeness (QED) is 0.500. The number of sulfonamides is 1. The minimum atomic E-state index is -3.57. The molecule has 0 aliphatic rings. The van der Waals surface area contributed by atoms with Crippen molar-refractivity contribution in [3.05, 3.63) is 11.8 Å². The van der Waals surface area contributed by atoms with Crippen molar-refractivity contribution < 1.29 is 13.2 Å². The minimum absolute atomic E-state index is 0.125. The van der Waals surface area contributed by atoms with E-state index in [4.69, 9.17) is 4.74 Å². The monoisotopic (exact) mass is 318 g/mol. The van der Waals surface area contributed by atoms with Crippen molar-refractivity contribution in [2.75, 3.05) is 26.3 Å². The molecule has 1 aromatic rings. The highest BCUT2D eigenvalue weighted by Crippen LogP contribution is 2.11. The number of hydrogen-bond acceptors (Lipinski definition) is 5. The molecule has 21 heavy (non-hydrogen) atoms. The van der Waals surface area contributed by atoms with Crippen molar-refractivity contribution in [2.45, 2.75) is 44.7 Å². The van der Waals surface area contributed by atoms with Crippen LogP contribution in [0.15, 0.2) is 11.2 Å². The Morgan fingerprint density at radius 1 is 1.24 bits per heavy atom. The van der Waals surface area contributed by atoms with Crippen LogP contribution in [-0.2, 0) is 21.3 Å². The van der Waals surface area contributed by atoms with Crippen LogP contribution in [0.5, 0.6) is 0 Å². The zero-order valence-corrected chi connectivity index (χ0v) is 13.6. The van der Waals surface area contributed by atoms with E-state index in [-0.39, 0.29) is 11.6 Å². The Labute approximate surface area is 126 Å². The second-order valence-corrected chi connectivity index (χ2v) is 6.47. The van der Waals surface area contributed by atoms with Gasteiger partial charge in [0, 0.05) is 25.3 Å². The van der Waals surface area contributed by atoms with E-state index in [0.717, 1.165) is 25.8 Å². The van der Waals surface area contributed by atoms with Crippen LogP contribution in [-0.4, -0.2) is 44.9 Å². The molecule has 1 heterocycles. The highest BCUT2D eigenvalue weighted by atomic mass is 32.2. The number of H-pyrrole nitrogens is 1. The zero-order chi connectivity index (χ0) is 15.6. The third-order valence-corrected chi connectivity index (χ3v) is 4.34. The van der Waals surface area contributed by atoms with E-state index < -0.39 is 10.0 Å². The van der Waals surface area contributed by atoms with Gasteiger partial charge >= 0.3 is 0 Å². The molecular formula is C13H26N4O3S. The van der Waals surface area contributed by atoms with Gasteiger partial charge in [-0.25, -0.2) is 13.1 Å². The van der Waals surface area contributed by atoms with Crippen molar-refractivity contribution in [1.29, 1.82) is 0 Å². The Morgan fingerprint density at radius 3 is 2.76 bits per heavy atom. The van der Waals surface area contributed by atoms with Gasteiger partial charge in [0.2, 0.25) is 0 Å². The minimum Gasteiger partial charge on any atom is -0.380 e. The topological polar surface area (TPSA) is 96.1 Å². The summed E-state index contributed by atoms with van der Waals surface area (Å²) in [5.41, 5.74) is 0.642. The van der Waals surface area contributed by atoms with Gasteiger partial charge in [-0.15, -0.1) is 0 Å². The molecule has 0 spiro atoms. The average Bonchev–Trinajstić information content (AvgIpc) is 2.92. The van der Waals surface area contributed by atoms with Crippen molar-refractivity contribution >= 4 is 10.0 Å². The van der Waals surface area contributed by atoms with Gasteiger partial charge in [-0.3, -0.25) is 5.10 Å². The molecule has 3 N–H and O–H groups in total. The summed E-state index contributed by atoms with van der Waals surface area (Å²) >= 11 is 0. The lowest BCUT2D eigenvalue weighted by Crippen LogP contribution is -2.29. The standard InChI is InChI=1S/C13H26N4O3S/c1-3-5-8-20-9-7-16-21(18,19)13-12(11-15-17-13)10-14-6-4-2/h11,14,16H,3-10H2,1-2H3,(H,15,17). The Balaban J connectivity index is 2.44. The van der Waals surface area contributed by atoms with E-state index in [2.05, 4.69) is 34.1 Å². The molecule has 0 atom stereocenters. The summed E-state index contributed by atoms with van der Waals surface area (Å²) in [7, 11) is -3.57. The lowest BCUT2D eigenvalue weighted by atomic mass is 10.3. The highest BCUT2D eigenvalue weighted by molar-refractivity contribution is 7.89. The van der Waals surface area contributed by atoms with Gasteiger partial charge in [0.25, 0.3) is 10.0 Å². The van der Waals surface area contributed by atoms with E-state index in [9.17, 15) is 8.42 Å². The van der Waals surface area contributed by atoms with Crippen LogP contribution < -0.4 is 10.0 Å². The number of aromatic amines is 1. The summed E-state index contributed by atoms with van der Waals surface area (Å²) in [6.45, 7) is 6.74. The third-order valence-electron chi connectivity index (χ3n) is 2.87. The molecule has 0 aromatic carbocycles. The molecule has 0 unspecified atom stereocenters. The van der Waals surface area contributed by atoms with Gasteiger partial charge in [-0.2, -0.15) is 5.10 Å². The first-order valence-electron chi connectivity index (χ1n) is 7.42. The van der Waals surface area contributed by atoms with Crippen LogP contribution in [0.3, 0.4) is 0 Å². The summed E-state index contributed by atoms with van der Waals surface area (Å²) in [6.07, 6.45) is 4.58. The number of hydrogen-bond donors (Lipinski definition) is 3. The molecular weight excluding hydrogens is 292 g/mol. The molecule has 8 heteroatoms. The van der Waals surface area contributed by atoms with Crippen molar-refractivity contribution in [1.82, 2.24) is 20.2 Å². The molecule has 0 aliphatic heterocycles. The average molecular weight is 318 g/mol. The number of nitrogens with zero attached hydrogens (tertiary/aromatic N) is 1. The van der Waals surface area contributed by atoms with Crippen LogP contribution in [0.25, 0.3) is 0 Å². The van der Waals surface area contributed by atoms with Crippen molar-refractivity contribution in [2.24, 2.45) is 0 Å². The Hall–Kier alpha value is -0.960. The van der Waals surface area contributed by atoms with Crippen LogP contribution in [0.1, 0.15) is 38.7 Å². The molecule has 122 valence electrons. The first-order chi connectivity index (χ1) is 10.1. The number of unbranched alkanes of at least 4 members (excludes halogenated alkanes) is 1. The zero-order valence-electron chi connectivity index (χ0n) is 12.8. The summed E-state index contributed by atoms with van der Waals surface area (Å²) in [5.74, 6) is 0. The molecule has 7 nitrogen and oxygen atoms in total. The van der Waals surface area contributed by atoms with E-state index in [1.54, 1.807) is 0 Å². The van der Waals surface area contributed by atoms with Crippen LogP contribution in [0.4, 0.5) is 0 Å². The molecule has 0 bridgehead atoms. The maximum absolute atomic E-state index is 12.2. The SMILES string of the molecule is CCCCOCCNS(=O)(=O)c1[nH]ncc1CNCCC.